The zero-order valence-corrected chi connectivity index (χ0v) is 10.00. The number of hydrogen-bond acceptors (Lipinski definition) is 4. The van der Waals surface area contributed by atoms with E-state index in [0.717, 1.165) is 5.56 Å². The minimum atomic E-state index is -0.322. The Labute approximate surface area is 105 Å². The monoisotopic (exact) mass is 242 g/mol. The van der Waals surface area contributed by atoms with Gasteiger partial charge in [0.15, 0.2) is 11.5 Å². The molecular formula is C13H14N4O. The smallest absolute Gasteiger partial charge is 0.274 e. The molecule has 5 heteroatoms. The van der Waals surface area contributed by atoms with Crippen LogP contribution in [0.4, 0.5) is 5.82 Å². The van der Waals surface area contributed by atoms with Crippen molar-refractivity contribution in [2.75, 3.05) is 5.73 Å². The lowest BCUT2D eigenvalue weighted by atomic mass is 10.1. The number of carbonyl (C=O) groups excluding carboxylic acids is 1. The maximum atomic E-state index is 12.0. The van der Waals surface area contributed by atoms with Gasteiger partial charge in [0.2, 0.25) is 0 Å². The van der Waals surface area contributed by atoms with Gasteiger partial charge in [-0.15, -0.1) is 0 Å². The van der Waals surface area contributed by atoms with Crippen LogP contribution in [0.3, 0.4) is 0 Å². The molecule has 0 bridgehead atoms. The fourth-order valence-electron chi connectivity index (χ4n) is 1.61. The van der Waals surface area contributed by atoms with E-state index in [4.69, 9.17) is 5.73 Å². The van der Waals surface area contributed by atoms with E-state index in [9.17, 15) is 4.79 Å². The largest absolute Gasteiger partial charge is 0.382 e. The number of benzene rings is 1. The number of nitrogens with one attached hydrogen (secondary N) is 1. The highest BCUT2D eigenvalue weighted by Gasteiger charge is 2.15. The number of nitrogen functional groups attached to an aromatic ring is 1. The Morgan fingerprint density at radius 2 is 1.89 bits per heavy atom. The molecule has 0 saturated heterocycles. The summed E-state index contributed by atoms with van der Waals surface area (Å²) < 4.78 is 0. The van der Waals surface area contributed by atoms with Gasteiger partial charge in [-0.3, -0.25) is 4.79 Å². The highest BCUT2D eigenvalue weighted by atomic mass is 16.2. The lowest BCUT2D eigenvalue weighted by Crippen LogP contribution is -2.28. The summed E-state index contributed by atoms with van der Waals surface area (Å²) in [4.78, 5) is 19.7. The number of amides is 1. The number of nitrogens with zero attached hydrogens (tertiary/aromatic N) is 2. The fraction of sp³-hybridized carbons (Fsp3) is 0.154. The quantitative estimate of drug-likeness (QED) is 0.855. The number of hydrogen-bond donors (Lipinski definition) is 2. The van der Waals surface area contributed by atoms with Crippen LogP contribution in [-0.4, -0.2) is 15.9 Å². The highest BCUT2D eigenvalue weighted by molar-refractivity contribution is 5.96. The van der Waals surface area contributed by atoms with Crippen molar-refractivity contribution in [3.8, 4) is 0 Å². The molecule has 0 saturated carbocycles. The molecule has 0 spiro atoms. The lowest BCUT2D eigenvalue weighted by molar-refractivity contribution is 0.0935. The maximum absolute atomic E-state index is 12.0. The molecule has 0 fully saturated rings. The van der Waals surface area contributed by atoms with Crippen LogP contribution in [0.25, 0.3) is 0 Å². The fourth-order valence-corrected chi connectivity index (χ4v) is 1.61. The molecule has 1 aromatic carbocycles. The number of aromatic nitrogens is 2. The lowest BCUT2D eigenvalue weighted by Gasteiger charge is -2.14. The maximum Gasteiger partial charge on any atom is 0.274 e. The number of carbonyl (C=O) groups is 1. The Balaban J connectivity index is 2.11. The summed E-state index contributed by atoms with van der Waals surface area (Å²) in [5.41, 5.74) is 6.78. The first kappa shape index (κ1) is 12.0. The second kappa shape index (κ2) is 5.27. The molecule has 0 aliphatic carbocycles. The molecule has 0 unspecified atom stereocenters. The van der Waals surface area contributed by atoms with Crippen molar-refractivity contribution in [3.05, 3.63) is 54.0 Å². The van der Waals surface area contributed by atoms with E-state index in [0.29, 0.717) is 0 Å². The third-order valence-electron chi connectivity index (χ3n) is 2.59. The van der Waals surface area contributed by atoms with Gasteiger partial charge in [0.25, 0.3) is 5.91 Å². The number of rotatable bonds is 3. The highest BCUT2D eigenvalue weighted by Crippen LogP contribution is 2.12. The van der Waals surface area contributed by atoms with Crippen molar-refractivity contribution in [3.63, 3.8) is 0 Å². The summed E-state index contributed by atoms with van der Waals surface area (Å²) in [5.74, 6) is -0.188. The van der Waals surface area contributed by atoms with E-state index >= 15 is 0 Å². The molecule has 5 nitrogen and oxygen atoms in total. The minimum Gasteiger partial charge on any atom is -0.382 e. The SMILES string of the molecule is C[C@@H](NC(=O)c1nccnc1N)c1ccccc1. The molecule has 0 aliphatic heterocycles. The molecule has 2 aromatic rings. The van der Waals surface area contributed by atoms with E-state index in [1.54, 1.807) is 0 Å². The standard InChI is InChI=1S/C13H14N4O/c1-9(10-5-3-2-4-6-10)17-13(18)11-12(14)16-8-7-15-11/h2-9H,1H3,(H2,14,16)(H,17,18)/t9-/m1/s1. The zero-order chi connectivity index (χ0) is 13.0. The molecule has 1 atom stereocenters. The van der Waals surface area contributed by atoms with Crippen LogP contribution in [0, 0.1) is 0 Å². The van der Waals surface area contributed by atoms with E-state index in [-0.39, 0.29) is 23.5 Å². The van der Waals surface area contributed by atoms with Gasteiger partial charge in [0.05, 0.1) is 6.04 Å². The van der Waals surface area contributed by atoms with E-state index in [2.05, 4.69) is 15.3 Å². The summed E-state index contributed by atoms with van der Waals surface area (Å²) in [6.07, 6.45) is 2.89. The van der Waals surface area contributed by atoms with Gasteiger partial charge < -0.3 is 11.1 Å². The van der Waals surface area contributed by atoms with Crippen LogP contribution in [-0.2, 0) is 0 Å². The average molecular weight is 242 g/mol. The first-order chi connectivity index (χ1) is 8.68. The summed E-state index contributed by atoms with van der Waals surface area (Å²) in [6.45, 7) is 1.90. The van der Waals surface area contributed by atoms with Gasteiger partial charge in [0, 0.05) is 12.4 Å². The van der Waals surface area contributed by atoms with Crippen molar-refractivity contribution < 1.29 is 4.79 Å². The molecule has 92 valence electrons. The first-order valence-electron chi connectivity index (χ1n) is 5.61. The Hall–Kier alpha value is -2.43. The predicted octanol–water partition coefficient (Wildman–Crippen LogP) is 1.55. The van der Waals surface area contributed by atoms with Crippen LogP contribution in [0.15, 0.2) is 42.7 Å². The second-order valence-corrected chi connectivity index (χ2v) is 3.90. The second-order valence-electron chi connectivity index (χ2n) is 3.90. The third kappa shape index (κ3) is 2.63. The molecule has 0 radical (unpaired) electrons. The van der Waals surface area contributed by atoms with Crippen LogP contribution in [0.1, 0.15) is 29.0 Å². The summed E-state index contributed by atoms with van der Waals surface area (Å²) in [6, 6.07) is 9.57. The van der Waals surface area contributed by atoms with Crippen LogP contribution < -0.4 is 11.1 Å². The Morgan fingerprint density at radius 3 is 2.56 bits per heavy atom. The number of anilines is 1. The van der Waals surface area contributed by atoms with Crippen LogP contribution in [0.5, 0.6) is 0 Å². The molecule has 1 heterocycles. The minimum absolute atomic E-state index is 0.111. The normalized spacial score (nSPS) is 11.8. The van der Waals surface area contributed by atoms with Gasteiger partial charge in [0.1, 0.15) is 0 Å². The van der Waals surface area contributed by atoms with Crippen molar-refractivity contribution >= 4 is 11.7 Å². The molecule has 0 aliphatic rings. The molecule has 18 heavy (non-hydrogen) atoms. The average Bonchev–Trinajstić information content (AvgIpc) is 2.40. The van der Waals surface area contributed by atoms with Crippen molar-refractivity contribution in [1.82, 2.24) is 15.3 Å². The van der Waals surface area contributed by atoms with E-state index in [1.807, 2.05) is 37.3 Å². The van der Waals surface area contributed by atoms with Gasteiger partial charge in [-0.05, 0) is 12.5 Å². The van der Waals surface area contributed by atoms with E-state index in [1.165, 1.54) is 12.4 Å². The van der Waals surface area contributed by atoms with Crippen molar-refractivity contribution in [1.29, 1.82) is 0 Å². The van der Waals surface area contributed by atoms with Gasteiger partial charge in [-0.25, -0.2) is 9.97 Å². The summed E-state index contributed by atoms with van der Waals surface area (Å²) in [7, 11) is 0. The Bertz CT molecular complexity index is 542. The summed E-state index contributed by atoms with van der Waals surface area (Å²) in [5, 5.41) is 2.83. The first-order valence-corrected chi connectivity index (χ1v) is 5.61. The predicted molar refractivity (Wildman–Crippen MR) is 68.8 cm³/mol. The molecular weight excluding hydrogens is 228 g/mol. The molecule has 1 amide bonds. The zero-order valence-electron chi connectivity index (χ0n) is 10.00. The van der Waals surface area contributed by atoms with Crippen LogP contribution in [0.2, 0.25) is 0 Å². The topological polar surface area (TPSA) is 80.9 Å². The van der Waals surface area contributed by atoms with Crippen molar-refractivity contribution in [2.24, 2.45) is 0 Å². The Morgan fingerprint density at radius 1 is 1.22 bits per heavy atom. The molecule has 2 rings (SSSR count). The Kier molecular flexibility index (Phi) is 3.52. The number of nitrogens with two attached hydrogens (primary N) is 1. The van der Waals surface area contributed by atoms with Crippen LogP contribution >= 0.6 is 0 Å². The van der Waals surface area contributed by atoms with Gasteiger partial charge in [-0.1, -0.05) is 30.3 Å². The molecule has 3 N–H and O–H groups in total. The molecule has 1 aromatic heterocycles. The van der Waals surface area contributed by atoms with E-state index < -0.39 is 0 Å². The van der Waals surface area contributed by atoms with Crippen molar-refractivity contribution in [2.45, 2.75) is 13.0 Å². The van der Waals surface area contributed by atoms with Gasteiger partial charge >= 0.3 is 0 Å². The van der Waals surface area contributed by atoms with Gasteiger partial charge in [-0.2, -0.15) is 0 Å². The summed E-state index contributed by atoms with van der Waals surface area (Å²) >= 11 is 0. The third-order valence-corrected chi connectivity index (χ3v) is 2.59.